The van der Waals surface area contributed by atoms with Crippen LogP contribution in [-0.2, 0) is 0 Å². The fourth-order valence-electron chi connectivity index (χ4n) is 3.21. The van der Waals surface area contributed by atoms with Gasteiger partial charge in [-0.15, -0.1) is 0 Å². The SMILES string of the molecule is Cc1cc(OCCO)ccc1-c1cn(-c2ccccc2)c2ncnc(Cl)c12. The minimum Gasteiger partial charge on any atom is -0.491 e. The number of para-hydroxylation sites is 1. The van der Waals surface area contributed by atoms with Crippen LogP contribution in [0.5, 0.6) is 5.75 Å². The van der Waals surface area contributed by atoms with Gasteiger partial charge < -0.3 is 14.4 Å². The summed E-state index contributed by atoms with van der Waals surface area (Å²) in [7, 11) is 0. The molecule has 4 rings (SSSR count). The van der Waals surface area contributed by atoms with Crippen LogP contribution in [0, 0.1) is 6.92 Å². The summed E-state index contributed by atoms with van der Waals surface area (Å²) in [5.74, 6) is 0.722. The minimum atomic E-state index is -0.0156. The molecule has 6 heteroatoms. The fraction of sp³-hybridized carbons (Fsp3) is 0.143. The number of nitrogens with zero attached hydrogens (tertiary/aromatic N) is 3. The molecular weight excluding hydrogens is 362 g/mol. The summed E-state index contributed by atoms with van der Waals surface area (Å²) in [6, 6.07) is 15.8. The van der Waals surface area contributed by atoms with Gasteiger partial charge in [0.2, 0.25) is 0 Å². The van der Waals surface area contributed by atoms with Gasteiger partial charge in [-0.25, -0.2) is 9.97 Å². The van der Waals surface area contributed by atoms with E-state index >= 15 is 0 Å². The highest BCUT2D eigenvalue weighted by atomic mass is 35.5. The first kappa shape index (κ1) is 17.5. The Morgan fingerprint density at radius 2 is 1.89 bits per heavy atom. The number of aliphatic hydroxyl groups is 1. The molecule has 0 unspecified atom stereocenters. The maximum atomic E-state index is 8.93. The molecule has 0 radical (unpaired) electrons. The zero-order valence-corrected chi connectivity index (χ0v) is 15.5. The molecule has 0 saturated carbocycles. The van der Waals surface area contributed by atoms with Crippen molar-refractivity contribution in [2.75, 3.05) is 13.2 Å². The highest BCUT2D eigenvalue weighted by molar-refractivity contribution is 6.35. The number of aliphatic hydroxyl groups excluding tert-OH is 1. The predicted molar refractivity (Wildman–Crippen MR) is 107 cm³/mol. The zero-order chi connectivity index (χ0) is 18.8. The van der Waals surface area contributed by atoms with Crippen molar-refractivity contribution in [3.8, 4) is 22.6 Å². The first-order valence-electron chi connectivity index (χ1n) is 8.60. The molecule has 0 fully saturated rings. The second-order valence-electron chi connectivity index (χ2n) is 6.16. The molecular formula is C21H18ClN3O2. The van der Waals surface area contributed by atoms with E-state index in [9.17, 15) is 0 Å². The number of halogens is 1. The standard InChI is InChI=1S/C21H18ClN3O2/c1-14-11-16(27-10-9-26)7-8-17(14)18-12-25(15-5-3-2-4-6-15)21-19(18)20(22)23-13-24-21/h2-8,11-13,26H,9-10H2,1H3. The van der Waals surface area contributed by atoms with Crippen LogP contribution >= 0.6 is 11.6 Å². The van der Waals surface area contributed by atoms with Crippen molar-refractivity contribution in [1.29, 1.82) is 0 Å². The molecule has 0 aliphatic carbocycles. The number of aromatic nitrogens is 3. The molecule has 2 aromatic heterocycles. The summed E-state index contributed by atoms with van der Waals surface area (Å²) in [5, 5.41) is 10.2. The maximum absolute atomic E-state index is 8.93. The third-order valence-electron chi connectivity index (χ3n) is 4.42. The summed E-state index contributed by atoms with van der Waals surface area (Å²) in [4.78, 5) is 8.64. The quantitative estimate of drug-likeness (QED) is 0.521. The fourth-order valence-corrected chi connectivity index (χ4v) is 3.44. The molecule has 0 aliphatic rings. The average molecular weight is 380 g/mol. The van der Waals surface area contributed by atoms with Crippen molar-refractivity contribution in [2.45, 2.75) is 6.92 Å². The van der Waals surface area contributed by atoms with E-state index in [0.29, 0.717) is 5.15 Å². The van der Waals surface area contributed by atoms with Gasteiger partial charge in [0.05, 0.1) is 12.0 Å². The Balaban J connectivity index is 1.90. The lowest BCUT2D eigenvalue weighted by atomic mass is 10.0. The Hall–Kier alpha value is -2.89. The van der Waals surface area contributed by atoms with Crippen LogP contribution in [-0.4, -0.2) is 32.9 Å². The van der Waals surface area contributed by atoms with Crippen LogP contribution in [0.25, 0.3) is 27.8 Å². The first-order chi connectivity index (χ1) is 13.2. The number of aryl methyl sites for hydroxylation is 1. The van der Waals surface area contributed by atoms with Gasteiger partial charge in [0.1, 0.15) is 29.5 Å². The predicted octanol–water partition coefficient (Wildman–Crippen LogP) is 4.42. The van der Waals surface area contributed by atoms with Gasteiger partial charge in [-0.05, 0) is 42.3 Å². The van der Waals surface area contributed by atoms with Crippen molar-refractivity contribution in [2.24, 2.45) is 0 Å². The van der Waals surface area contributed by atoms with Crippen molar-refractivity contribution >= 4 is 22.6 Å². The smallest absolute Gasteiger partial charge is 0.150 e. The number of fused-ring (bicyclic) bond motifs is 1. The average Bonchev–Trinajstić information content (AvgIpc) is 3.08. The normalized spacial score (nSPS) is 11.1. The summed E-state index contributed by atoms with van der Waals surface area (Å²) in [6.07, 6.45) is 3.52. The molecule has 4 aromatic rings. The third-order valence-corrected chi connectivity index (χ3v) is 4.71. The lowest BCUT2D eigenvalue weighted by Crippen LogP contribution is -2.01. The number of benzene rings is 2. The second-order valence-corrected chi connectivity index (χ2v) is 6.52. The second kappa shape index (κ2) is 7.39. The lowest BCUT2D eigenvalue weighted by Gasteiger charge is -2.09. The Labute approximate surface area is 161 Å². The Bertz CT molecular complexity index is 1090. The molecule has 136 valence electrons. The molecule has 0 aliphatic heterocycles. The van der Waals surface area contributed by atoms with E-state index in [1.165, 1.54) is 6.33 Å². The summed E-state index contributed by atoms with van der Waals surface area (Å²) in [5.41, 5.74) is 4.80. The number of ether oxygens (including phenoxy) is 1. The number of rotatable bonds is 5. The van der Waals surface area contributed by atoms with E-state index in [-0.39, 0.29) is 13.2 Å². The number of hydrogen-bond acceptors (Lipinski definition) is 4. The van der Waals surface area contributed by atoms with Gasteiger partial charge in [-0.2, -0.15) is 0 Å². The third kappa shape index (κ3) is 3.27. The lowest BCUT2D eigenvalue weighted by molar-refractivity contribution is 0.201. The summed E-state index contributed by atoms with van der Waals surface area (Å²) < 4.78 is 7.53. The minimum absolute atomic E-state index is 0.0156. The molecule has 0 amide bonds. The van der Waals surface area contributed by atoms with Crippen LogP contribution in [0.3, 0.4) is 0 Å². The van der Waals surface area contributed by atoms with Crippen LogP contribution in [0.4, 0.5) is 0 Å². The zero-order valence-electron chi connectivity index (χ0n) is 14.8. The highest BCUT2D eigenvalue weighted by Gasteiger charge is 2.17. The van der Waals surface area contributed by atoms with E-state index < -0.39 is 0 Å². The van der Waals surface area contributed by atoms with Crippen LogP contribution in [0.1, 0.15) is 5.56 Å². The van der Waals surface area contributed by atoms with Gasteiger partial charge in [0.15, 0.2) is 0 Å². The monoisotopic (exact) mass is 379 g/mol. The first-order valence-corrected chi connectivity index (χ1v) is 8.98. The maximum Gasteiger partial charge on any atom is 0.150 e. The Morgan fingerprint density at radius 1 is 1.07 bits per heavy atom. The van der Waals surface area contributed by atoms with Gasteiger partial charge in [-0.1, -0.05) is 35.9 Å². The molecule has 0 spiro atoms. The van der Waals surface area contributed by atoms with Crippen molar-refractivity contribution in [3.63, 3.8) is 0 Å². The Kier molecular flexibility index (Phi) is 4.79. The molecule has 2 aromatic carbocycles. The molecule has 0 atom stereocenters. The van der Waals surface area contributed by atoms with E-state index in [0.717, 1.165) is 39.2 Å². The molecule has 0 saturated heterocycles. The molecule has 27 heavy (non-hydrogen) atoms. The molecule has 1 N–H and O–H groups in total. The van der Waals surface area contributed by atoms with Gasteiger partial charge in [0.25, 0.3) is 0 Å². The summed E-state index contributed by atoms with van der Waals surface area (Å²) in [6.45, 7) is 2.27. The van der Waals surface area contributed by atoms with E-state index in [4.69, 9.17) is 21.4 Å². The van der Waals surface area contributed by atoms with E-state index in [1.54, 1.807) is 0 Å². The van der Waals surface area contributed by atoms with Crippen molar-refractivity contribution < 1.29 is 9.84 Å². The number of hydrogen-bond donors (Lipinski definition) is 1. The Morgan fingerprint density at radius 3 is 2.63 bits per heavy atom. The van der Waals surface area contributed by atoms with Crippen LogP contribution in [0.2, 0.25) is 5.15 Å². The topological polar surface area (TPSA) is 60.2 Å². The van der Waals surface area contributed by atoms with Crippen molar-refractivity contribution in [1.82, 2.24) is 14.5 Å². The molecule has 0 bridgehead atoms. The van der Waals surface area contributed by atoms with Crippen LogP contribution < -0.4 is 4.74 Å². The van der Waals surface area contributed by atoms with E-state index in [2.05, 4.69) is 9.97 Å². The highest BCUT2D eigenvalue weighted by Crippen LogP contribution is 2.37. The molecule has 2 heterocycles. The van der Waals surface area contributed by atoms with Gasteiger partial charge in [-0.3, -0.25) is 0 Å². The van der Waals surface area contributed by atoms with Crippen molar-refractivity contribution in [3.05, 3.63) is 71.8 Å². The summed E-state index contributed by atoms with van der Waals surface area (Å²) >= 11 is 6.45. The van der Waals surface area contributed by atoms with Gasteiger partial charge >= 0.3 is 0 Å². The van der Waals surface area contributed by atoms with E-state index in [1.807, 2.05) is 66.2 Å². The largest absolute Gasteiger partial charge is 0.491 e. The van der Waals surface area contributed by atoms with Gasteiger partial charge in [0, 0.05) is 17.4 Å². The van der Waals surface area contributed by atoms with Crippen LogP contribution in [0.15, 0.2) is 61.1 Å². The molecule has 5 nitrogen and oxygen atoms in total.